The van der Waals surface area contributed by atoms with E-state index in [1.807, 2.05) is 35.2 Å². The Labute approximate surface area is 192 Å². The minimum absolute atomic E-state index is 0.00813. The van der Waals surface area contributed by atoms with Gasteiger partial charge < -0.3 is 26.4 Å². The molecule has 33 heavy (non-hydrogen) atoms. The largest absolute Gasteiger partial charge is 0.508 e. The molecule has 8 nitrogen and oxygen atoms in total. The first-order valence-electron chi connectivity index (χ1n) is 11.0. The quantitative estimate of drug-likeness (QED) is 0.493. The van der Waals surface area contributed by atoms with Crippen molar-refractivity contribution < 1.29 is 19.5 Å². The number of phenolic OH excluding ortho intramolecular Hbond substituents is 1. The lowest BCUT2D eigenvalue weighted by Crippen LogP contribution is -2.68. The zero-order valence-corrected chi connectivity index (χ0v) is 18.2. The summed E-state index contributed by atoms with van der Waals surface area (Å²) in [6, 6.07) is 14.4. The number of piperazine rings is 1. The molecule has 0 aromatic heterocycles. The number of carbonyl (C=O) groups excluding carboxylic acids is 3. The van der Waals surface area contributed by atoms with E-state index >= 15 is 0 Å². The van der Waals surface area contributed by atoms with Crippen LogP contribution in [0.2, 0.25) is 0 Å². The Kier molecular flexibility index (Phi) is 6.74. The fraction of sp³-hybridized carbons (Fsp3) is 0.320. The summed E-state index contributed by atoms with van der Waals surface area (Å²) in [7, 11) is 0. The number of phenols is 1. The van der Waals surface area contributed by atoms with Gasteiger partial charge in [0.1, 0.15) is 11.8 Å². The molecule has 1 saturated heterocycles. The molecule has 2 aromatic rings. The topological polar surface area (TPSA) is 125 Å². The van der Waals surface area contributed by atoms with Crippen LogP contribution in [0.3, 0.4) is 0 Å². The first-order valence-corrected chi connectivity index (χ1v) is 11.0. The van der Waals surface area contributed by atoms with Gasteiger partial charge in [0.25, 0.3) is 0 Å². The maximum Gasteiger partial charge on any atom is 0.243 e. The highest BCUT2D eigenvalue weighted by Gasteiger charge is 2.42. The summed E-state index contributed by atoms with van der Waals surface area (Å²) in [6.07, 6.45) is 4.32. The van der Waals surface area contributed by atoms with E-state index < -0.39 is 18.1 Å². The molecule has 2 aliphatic rings. The summed E-state index contributed by atoms with van der Waals surface area (Å²) in [4.78, 5) is 39.6. The van der Waals surface area contributed by atoms with Crippen LogP contribution in [0.5, 0.6) is 5.75 Å². The Morgan fingerprint density at radius 2 is 1.85 bits per heavy atom. The predicted octanol–water partition coefficient (Wildman–Crippen LogP) is 0.645. The van der Waals surface area contributed by atoms with E-state index in [-0.39, 0.29) is 42.4 Å². The summed E-state index contributed by atoms with van der Waals surface area (Å²) < 4.78 is 0. The lowest BCUT2D eigenvalue weighted by Gasteiger charge is -2.47. The van der Waals surface area contributed by atoms with Crippen molar-refractivity contribution in [1.82, 2.24) is 15.5 Å². The molecule has 0 saturated carbocycles. The van der Waals surface area contributed by atoms with Crippen LogP contribution in [0.4, 0.5) is 0 Å². The number of rotatable bonds is 7. The Balaban J connectivity index is 1.40. The number of hydrogen-bond donors (Lipinski definition) is 4. The van der Waals surface area contributed by atoms with Gasteiger partial charge in [0, 0.05) is 25.6 Å². The highest BCUT2D eigenvalue weighted by atomic mass is 16.3. The van der Waals surface area contributed by atoms with Crippen molar-refractivity contribution in [2.24, 2.45) is 5.73 Å². The number of aromatic hydroxyl groups is 1. The summed E-state index contributed by atoms with van der Waals surface area (Å²) in [5.41, 5.74) is 7.92. The normalized spacial score (nSPS) is 22.9. The summed E-state index contributed by atoms with van der Waals surface area (Å²) in [5.74, 6) is -0.336. The number of nitrogens with zero attached hydrogens (tertiary/aromatic N) is 1. The first-order chi connectivity index (χ1) is 15.9. The van der Waals surface area contributed by atoms with E-state index in [1.54, 1.807) is 30.5 Å². The van der Waals surface area contributed by atoms with E-state index in [9.17, 15) is 19.5 Å². The molecule has 0 bridgehead atoms. The molecule has 1 fully saturated rings. The lowest BCUT2D eigenvalue weighted by molar-refractivity contribution is -0.134. The summed E-state index contributed by atoms with van der Waals surface area (Å²) in [6.45, 7) is 0.175. The van der Waals surface area contributed by atoms with Crippen molar-refractivity contribution in [3.8, 4) is 5.75 Å². The second-order valence-corrected chi connectivity index (χ2v) is 8.54. The van der Waals surface area contributed by atoms with E-state index in [4.69, 9.17) is 5.73 Å². The zero-order chi connectivity index (χ0) is 23.4. The van der Waals surface area contributed by atoms with E-state index in [2.05, 4.69) is 10.6 Å². The van der Waals surface area contributed by atoms with Gasteiger partial charge in [-0.2, -0.15) is 0 Å². The van der Waals surface area contributed by atoms with E-state index in [0.717, 1.165) is 11.1 Å². The number of fused-ring (bicyclic) bond motifs is 1. The van der Waals surface area contributed by atoms with Crippen molar-refractivity contribution in [2.45, 2.75) is 43.4 Å². The lowest BCUT2D eigenvalue weighted by atomic mass is 9.90. The van der Waals surface area contributed by atoms with Gasteiger partial charge in [-0.05, 0) is 35.8 Å². The van der Waals surface area contributed by atoms with Gasteiger partial charge in [-0.3, -0.25) is 14.4 Å². The standard InChI is InChI=1S/C25H28N4O4/c26-20(12-17-6-8-18(30)9-7-17)24(32)27-15-21-22-14-19(31)10-11-29(22)23(25(33)28-21)13-16-4-2-1-3-5-16/h1-11,20-23,30H,12-15,26H2,(H,27,32)(H,28,33)/t20-,21-,22?,23-/m0/s1. The number of allylic oxidation sites excluding steroid dienone is 1. The number of nitrogens with two attached hydrogens (primary N) is 1. The monoisotopic (exact) mass is 448 g/mol. The van der Waals surface area contributed by atoms with Crippen molar-refractivity contribution in [1.29, 1.82) is 0 Å². The maximum absolute atomic E-state index is 13.0. The Bertz CT molecular complexity index is 1040. The average Bonchev–Trinajstić information content (AvgIpc) is 2.81. The van der Waals surface area contributed by atoms with E-state index in [1.165, 1.54) is 6.08 Å². The van der Waals surface area contributed by atoms with Crippen LogP contribution in [0.25, 0.3) is 0 Å². The molecule has 172 valence electrons. The molecule has 2 amide bonds. The molecule has 4 atom stereocenters. The second-order valence-electron chi connectivity index (χ2n) is 8.54. The highest BCUT2D eigenvalue weighted by molar-refractivity contribution is 5.92. The maximum atomic E-state index is 13.0. The first kappa shape index (κ1) is 22.5. The molecule has 0 aliphatic carbocycles. The average molecular weight is 449 g/mol. The number of ketones is 1. The van der Waals surface area contributed by atoms with Gasteiger partial charge >= 0.3 is 0 Å². The fourth-order valence-electron chi connectivity index (χ4n) is 4.40. The van der Waals surface area contributed by atoms with Crippen molar-refractivity contribution in [3.05, 3.63) is 78.0 Å². The summed E-state index contributed by atoms with van der Waals surface area (Å²) >= 11 is 0. The van der Waals surface area contributed by atoms with Crippen molar-refractivity contribution in [2.75, 3.05) is 6.54 Å². The number of nitrogens with one attached hydrogen (secondary N) is 2. The smallest absolute Gasteiger partial charge is 0.243 e. The van der Waals surface area contributed by atoms with Crippen LogP contribution in [0, 0.1) is 0 Å². The van der Waals surface area contributed by atoms with E-state index in [0.29, 0.717) is 12.8 Å². The van der Waals surface area contributed by atoms with Gasteiger partial charge in [0.05, 0.1) is 18.1 Å². The van der Waals surface area contributed by atoms with Crippen molar-refractivity contribution >= 4 is 17.6 Å². The third-order valence-electron chi connectivity index (χ3n) is 6.18. The molecule has 4 rings (SSSR count). The van der Waals surface area contributed by atoms with Crippen LogP contribution in [-0.4, -0.2) is 58.3 Å². The molecule has 0 spiro atoms. The molecule has 1 unspecified atom stereocenters. The number of amides is 2. The predicted molar refractivity (Wildman–Crippen MR) is 123 cm³/mol. The van der Waals surface area contributed by atoms with Crippen LogP contribution in [0.15, 0.2) is 66.9 Å². The van der Waals surface area contributed by atoms with Gasteiger partial charge in [0.2, 0.25) is 11.8 Å². The molecule has 2 aliphatic heterocycles. The summed E-state index contributed by atoms with van der Waals surface area (Å²) in [5, 5.41) is 15.2. The highest BCUT2D eigenvalue weighted by Crippen LogP contribution is 2.25. The Hall–Kier alpha value is -3.65. The number of hydrogen-bond acceptors (Lipinski definition) is 6. The van der Waals surface area contributed by atoms with Crippen LogP contribution in [-0.2, 0) is 27.2 Å². The van der Waals surface area contributed by atoms with Crippen LogP contribution in [0.1, 0.15) is 17.5 Å². The molecular weight excluding hydrogens is 420 g/mol. The Morgan fingerprint density at radius 1 is 1.12 bits per heavy atom. The fourth-order valence-corrected chi connectivity index (χ4v) is 4.40. The van der Waals surface area contributed by atoms with Crippen LogP contribution < -0.4 is 16.4 Å². The third-order valence-corrected chi connectivity index (χ3v) is 6.18. The Morgan fingerprint density at radius 3 is 2.58 bits per heavy atom. The molecule has 2 aromatic carbocycles. The number of benzene rings is 2. The molecule has 8 heteroatoms. The van der Waals surface area contributed by atoms with Gasteiger partial charge in [-0.25, -0.2) is 0 Å². The second kappa shape index (κ2) is 9.87. The zero-order valence-electron chi connectivity index (χ0n) is 18.2. The molecular formula is C25H28N4O4. The molecule has 5 N–H and O–H groups in total. The third kappa shape index (κ3) is 5.40. The van der Waals surface area contributed by atoms with Gasteiger partial charge in [0.15, 0.2) is 5.78 Å². The van der Waals surface area contributed by atoms with Crippen LogP contribution >= 0.6 is 0 Å². The van der Waals surface area contributed by atoms with Gasteiger partial charge in [-0.15, -0.1) is 0 Å². The van der Waals surface area contributed by atoms with Crippen molar-refractivity contribution in [3.63, 3.8) is 0 Å². The minimum Gasteiger partial charge on any atom is -0.508 e. The number of carbonyl (C=O) groups is 3. The van der Waals surface area contributed by atoms with Gasteiger partial charge in [-0.1, -0.05) is 42.5 Å². The SMILES string of the molecule is N[C@@H](Cc1ccc(O)cc1)C(=O)NC[C@@H]1NC(=O)[C@H](Cc2ccccc2)N2C=CC(=O)CC12. The molecule has 2 heterocycles. The minimum atomic E-state index is -0.774. The molecule has 0 radical (unpaired) electrons.